The van der Waals surface area contributed by atoms with Gasteiger partial charge in [0.15, 0.2) is 0 Å². The van der Waals surface area contributed by atoms with Gasteiger partial charge in [-0.3, -0.25) is 4.90 Å². The Kier molecular flexibility index (Phi) is 8.67. The Bertz CT molecular complexity index is 980. The molecule has 6 nitrogen and oxygen atoms in total. The van der Waals surface area contributed by atoms with Crippen LogP contribution in [0.3, 0.4) is 0 Å². The zero-order valence-corrected chi connectivity index (χ0v) is 21.1. The van der Waals surface area contributed by atoms with Crippen LogP contribution >= 0.6 is 35.1 Å². The molecule has 33 heavy (non-hydrogen) atoms. The van der Waals surface area contributed by atoms with Crippen LogP contribution in [0.15, 0.2) is 47.0 Å². The predicted molar refractivity (Wildman–Crippen MR) is 138 cm³/mol. The monoisotopic (exact) mass is 509 g/mol. The van der Waals surface area contributed by atoms with Gasteiger partial charge in [-0.05, 0) is 44.5 Å². The second kappa shape index (κ2) is 11.1. The van der Waals surface area contributed by atoms with Gasteiger partial charge in [0.05, 0.1) is 20.5 Å². The largest absolute Gasteiger partial charge is 0.480 e. The molecule has 1 aliphatic carbocycles. The number of carboxylic acids is 1. The number of rotatable bonds is 10. The number of carboxylic acid groups (broad SMARTS) is 1. The van der Waals surface area contributed by atoms with Crippen molar-refractivity contribution in [2.75, 3.05) is 18.9 Å². The lowest BCUT2D eigenvalue weighted by atomic mass is 9.81. The third kappa shape index (κ3) is 5.32. The van der Waals surface area contributed by atoms with Gasteiger partial charge in [0.2, 0.25) is 0 Å². The number of nitroso groups, excluding NO2 is 1. The van der Waals surface area contributed by atoms with E-state index in [9.17, 15) is 14.8 Å². The van der Waals surface area contributed by atoms with Crippen LogP contribution in [0.1, 0.15) is 51.0 Å². The van der Waals surface area contributed by atoms with Crippen LogP contribution in [0.5, 0.6) is 0 Å². The van der Waals surface area contributed by atoms with E-state index in [0.29, 0.717) is 39.9 Å². The molecule has 2 aromatic carbocycles. The molecule has 0 bridgehead atoms. The summed E-state index contributed by atoms with van der Waals surface area (Å²) in [6.07, 6.45) is 5.12. The predicted octanol–water partition coefficient (Wildman–Crippen LogP) is 7.48. The smallest absolute Gasteiger partial charge is 0.328 e. The van der Waals surface area contributed by atoms with Crippen LogP contribution in [0.4, 0.5) is 11.4 Å². The minimum Gasteiger partial charge on any atom is -0.480 e. The summed E-state index contributed by atoms with van der Waals surface area (Å²) in [6.45, 7) is 2.30. The van der Waals surface area contributed by atoms with Gasteiger partial charge in [-0.15, -0.1) is 4.91 Å². The minimum atomic E-state index is -1.33. The normalized spacial score (nSPS) is 17.4. The highest BCUT2D eigenvalue weighted by molar-refractivity contribution is 7.99. The summed E-state index contributed by atoms with van der Waals surface area (Å²) in [4.78, 5) is 26.0. The van der Waals surface area contributed by atoms with Crippen molar-refractivity contribution in [3.63, 3.8) is 0 Å². The number of anilines is 2. The van der Waals surface area contributed by atoms with Crippen molar-refractivity contribution in [1.29, 1.82) is 0 Å². The Morgan fingerprint density at radius 1 is 1.15 bits per heavy atom. The van der Waals surface area contributed by atoms with E-state index in [2.05, 4.69) is 9.90 Å². The number of likely N-dealkylation sites (N-methyl/N-ethyl adjacent to an activating group) is 1. The van der Waals surface area contributed by atoms with Crippen molar-refractivity contribution < 1.29 is 9.90 Å². The third-order valence-corrected chi connectivity index (χ3v) is 8.26. The van der Waals surface area contributed by atoms with Crippen molar-refractivity contribution in [2.24, 2.45) is 4.58 Å². The maximum absolute atomic E-state index is 12.9. The summed E-state index contributed by atoms with van der Waals surface area (Å²) >= 11 is 13.8. The van der Waals surface area contributed by atoms with E-state index in [0.717, 1.165) is 44.1 Å². The number of halogens is 2. The van der Waals surface area contributed by atoms with Gasteiger partial charge in [-0.25, -0.2) is 4.79 Å². The fourth-order valence-corrected chi connectivity index (χ4v) is 6.29. The van der Waals surface area contributed by atoms with E-state index >= 15 is 0 Å². The van der Waals surface area contributed by atoms with Gasteiger partial charge < -0.3 is 10.4 Å². The second-order valence-corrected chi connectivity index (χ2v) is 10.6. The lowest BCUT2D eigenvalue weighted by molar-refractivity contribution is -0.152. The molecule has 1 saturated carbocycles. The standard InChI is InChI=1S/C24H29Cl2N3O3S/c1-3-24(22(30)31,29(2)16-23(33-28-32)14-7-4-8-15-23)17-10-5-6-13-20(17)27-21-18(25)11-9-12-19(21)26/h5-6,9-13,27H,3-4,7-8,14-16H2,1-2H3,(H,30,31). The van der Waals surface area contributed by atoms with Crippen molar-refractivity contribution in [1.82, 2.24) is 4.90 Å². The molecule has 1 aliphatic rings. The average molecular weight is 510 g/mol. The molecule has 0 heterocycles. The summed E-state index contributed by atoms with van der Waals surface area (Å²) in [5.74, 6) is -0.956. The molecule has 3 rings (SSSR count). The number of aliphatic carboxylic acids is 1. The Morgan fingerprint density at radius 3 is 2.36 bits per heavy atom. The maximum atomic E-state index is 12.9. The summed E-state index contributed by atoms with van der Waals surface area (Å²) in [5.41, 5.74) is 0.414. The van der Waals surface area contributed by atoms with Crippen LogP contribution in [0.2, 0.25) is 10.0 Å². The van der Waals surface area contributed by atoms with Gasteiger partial charge in [0.25, 0.3) is 0 Å². The first kappa shape index (κ1) is 25.8. The molecule has 1 atom stereocenters. The van der Waals surface area contributed by atoms with Crippen molar-refractivity contribution >= 4 is 52.5 Å². The summed E-state index contributed by atoms with van der Waals surface area (Å²) in [5, 5.41) is 14.7. The molecule has 0 spiro atoms. The third-order valence-electron chi connectivity index (χ3n) is 6.63. The maximum Gasteiger partial charge on any atom is 0.328 e. The lowest BCUT2D eigenvalue weighted by Gasteiger charge is -2.45. The second-order valence-electron chi connectivity index (χ2n) is 8.55. The zero-order chi connectivity index (χ0) is 24.1. The molecule has 0 radical (unpaired) electrons. The van der Waals surface area contributed by atoms with E-state index in [-0.39, 0.29) is 4.75 Å². The Labute approximate surface area is 209 Å². The van der Waals surface area contributed by atoms with Gasteiger partial charge in [-0.2, -0.15) is 0 Å². The molecule has 2 N–H and O–H groups in total. The van der Waals surface area contributed by atoms with E-state index in [1.165, 1.54) is 0 Å². The quantitative estimate of drug-likeness (QED) is 0.255. The molecule has 0 aromatic heterocycles. The van der Waals surface area contributed by atoms with Crippen LogP contribution in [0.25, 0.3) is 0 Å². The Hall–Kier alpha value is -1.80. The van der Waals surface area contributed by atoms with Gasteiger partial charge >= 0.3 is 5.97 Å². The van der Waals surface area contributed by atoms with E-state index in [4.69, 9.17) is 23.2 Å². The van der Waals surface area contributed by atoms with Crippen LogP contribution in [-0.2, 0) is 10.3 Å². The van der Waals surface area contributed by atoms with Gasteiger partial charge in [0.1, 0.15) is 5.54 Å². The first-order valence-electron chi connectivity index (χ1n) is 11.1. The number of hydrogen-bond donors (Lipinski definition) is 2. The lowest BCUT2D eigenvalue weighted by Crippen LogP contribution is -2.54. The molecule has 2 aromatic rings. The topological polar surface area (TPSA) is 82.0 Å². The number of carbonyl (C=O) groups is 1. The summed E-state index contributed by atoms with van der Waals surface area (Å²) in [6, 6.07) is 12.5. The minimum absolute atomic E-state index is 0.322. The molecule has 1 fully saturated rings. The van der Waals surface area contributed by atoms with E-state index in [1.54, 1.807) is 18.2 Å². The number of benzene rings is 2. The average Bonchev–Trinajstić information content (AvgIpc) is 2.78. The molecule has 0 aliphatic heterocycles. The van der Waals surface area contributed by atoms with Crippen molar-refractivity contribution in [2.45, 2.75) is 55.7 Å². The molecular formula is C24H29Cl2N3O3S. The molecular weight excluding hydrogens is 481 g/mol. The number of nitrogens with one attached hydrogen (secondary N) is 1. The fraction of sp³-hybridized carbons (Fsp3) is 0.458. The highest BCUT2D eigenvalue weighted by atomic mass is 35.5. The molecule has 1 unspecified atom stereocenters. The van der Waals surface area contributed by atoms with E-state index in [1.807, 2.05) is 43.1 Å². The Morgan fingerprint density at radius 2 is 1.79 bits per heavy atom. The molecule has 0 amide bonds. The molecule has 0 saturated heterocycles. The van der Waals surface area contributed by atoms with Crippen molar-refractivity contribution in [3.05, 3.63) is 63.0 Å². The summed E-state index contributed by atoms with van der Waals surface area (Å²) < 4.78 is 2.76. The fourth-order valence-electron chi connectivity index (χ4n) is 4.92. The first-order valence-corrected chi connectivity index (χ1v) is 12.6. The van der Waals surface area contributed by atoms with Crippen LogP contribution in [-0.4, -0.2) is 34.3 Å². The van der Waals surface area contributed by atoms with Gasteiger partial charge in [-0.1, -0.05) is 73.7 Å². The Balaban J connectivity index is 2.06. The highest BCUT2D eigenvalue weighted by Crippen LogP contribution is 2.45. The van der Waals surface area contributed by atoms with Crippen LogP contribution < -0.4 is 5.32 Å². The first-order chi connectivity index (χ1) is 15.8. The number of nitrogens with zero attached hydrogens (tertiary/aromatic N) is 2. The molecule has 178 valence electrons. The van der Waals surface area contributed by atoms with Crippen molar-refractivity contribution in [3.8, 4) is 0 Å². The SMILES string of the molecule is CCC(C(=O)O)(c1ccccc1Nc1c(Cl)cccc1Cl)N(C)CC1(SN=O)CCCCC1. The highest BCUT2D eigenvalue weighted by Gasteiger charge is 2.48. The summed E-state index contributed by atoms with van der Waals surface area (Å²) in [7, 11) is 1.82. The number of para-hydroxylation sites is 2. The number of hydrogen-bond acceptors (Lipinski definition) is 6. The molecule has 9 heteroatoms. The zero-order valence-electron chi connectivity index (χ0n) is 18.8. The van der Waals surface area contributed by atoms with E-state index < -0.39 is 11.5 Å². The van der Waals surface area contributed by atoms with Gasteiger partial charge in [0, 0.05) is 34.3 Å². The van der Waals surface area contributed by atoms with Crippen LogP contribution in [0, 0.1) is 4.91 Å².